The highest BCUT2D eigenvalue weighted by Crippen LogP contribution is 2.39. The van der Waals surface area contributed by atoms with E-state index in [9.17, 15) is 14.9 Å². The van der Waals surface area contributed by atoms with Crippen molar-refractivity contribution in [3.8, 4) is 11.8 Å². The number of thioether (sulfide) groups is 1. The van der Waals surface area contributed by atoms with Crippen molar-refractivity contribution in [2.45, 2.75) is 33.1 Å². The Morgan fingerprint density at radius 2 is 1.94 bits per heavy atom. The predicted octanol–water partition coefficient (Wildman–Crippen LogP) is 4.33. The molecule has 1 aliphatic heterocycles. The second-order valence-electron chi connectivity index (χ2n) is 7.51. The summed E-state index contributed by atoms with van der Waals surface area (Å²) in [5.74, 6) is -0.0994. The van der Waals surface area contributed by atoms with Gasteiger partial charge in [-0.05, 0) is 38.0 Å². The van der Waals surface area contributed by atoms with Crippen molar-refractivity contribution >= 4 is 29.3 Å². The normalized spacial score (nSPS) is 15.8. The molecule has 2 N–H and O–H groups in total. The van der Waals surface area contributed by atoms with Crippen LogP contribution in [0.2, 0.25) is 0 Å². The number of carbonyl (C=O) groups excluding carboxylic acids is 2. The predicted molar refractivity (Wildman–Crippen MR) is 123 cm³/mol. The minimum Gasteiger partial charge on any atom is -0.496 e. The molecule has 2 aromatic rings. The van der Waals surface area contributed by atoms with Gasteiger partial charge >= 0.3 is 0 Å². The number of anilines is 1. The summed E-state index contributed by atoms with van der Waals surface area (Å²) in [6.07, 6.45) is 0.154. The Balaban J connectivity index is 1.81. The van der Waals surface area contributed by atoms with E-state index in [0.717, 1.165) is 39.7 Å². The van der Waals surface area contributed by atoms with Crippen LogP contribution in [0.15, 0.2) is 47.0 Å². The summed E-state index contributed by atoms with van der Waals surface area (Å²) in [5, 5.41) is 16.0. The zero-order valence-corrected chi connectivity index (χ0v) is 18.9. The SMILES string of the molecule is COc1ccccc1[C@H]1CC(=O)NC(SCC(=O)Nc2c(C)cc(C)cc2C)=C1C#N. The van der Waals surface area contributed by atoms with Gasteiger partial charge in [-0.1, -0.05) is 47.7 Å². The Kier molecular flexibility index (Phi) is 7.03. The second kappa shape index (κ2) is 9.71. The highest BCUT2D eigenvalue weighted by Gasteiger charge is 2.31. The summed E-state index contributed by atoms with van der Waals surface area (Å²) in [6, 6.07) is 13.6. The molecule has 1 heterocycles. The number of nitriles is 1. The maximum Gasteiger partial charge on any atom is 0.234 e. The van der Waals surface area contributed by atoms with Gasteiger partial charge < -0.3 is 15.4 Å². The minimum atomic E-state index is -0.415. The maximum atomic E-state index is 12.6. The minimum absolute atomic E-state index is 0.0756. The van der Waals surface area contributed by atoms with Gasteiger partial charge in [0, 0.05) is 23.6 Å². The van der Waals surface area contributed by atoms with Crippen molar-refractivity contribution in [3.05, 3.63) is 69.3 Å². The fraction of sp³-hybridized carbons (Fsp3) is 0.292. The standard InChI is InChI=1S/C24H25N3O3S/c1-14-9-15(2)23(16(3)10-14)26-22(29)13-31-24-19(12-25)18(11-21(28)27-24)17-7-5-6-8-20(17)30-4/h5-10,18H,11,13H2,1-4H3,(H,26,29)(H,27,28)/t18-/m1/s1. The highest BCUT2D eigenvalue weighted by molar-refractivity contribution is 8.03. The van der Waals surface area contributed by atoms with Crippen LogP contribution in [-0.2, 0) is 9.59 Å². The Hall–Kier alpha value is -3.24. The van der Waals surface area contributed by atoms with Crippen molar-refractivity contribution in [3.63, 3.8) is 0 Å². The van der Waals surface area contributed by atoms with Crippen LogP contribution in [0, 0.1) is 32.1 Å². The van der Waals surface area contributed by atoms with E-state index in [2.05, 4.69) is 16.7 Å². The summed E-state index contributed by atoms with van der Waals surface area (Å²) in [7, 11) is 1.56. The molecule has 1 atom stereocenters. The lowest BCUT2D eigenvalue weighted by molar-refractivity contribution is -0.121. The van der Waals surface area contributed by atoms with Gasteiger partial charge in [0.05, 0.1) is 29.5 Å². The quantitative estimate of drug-likeness (QED) is 0.705. The lowest BCUT2D eigenvalue weighted by atomic mass is 9.86. The van der Waals surface area contributed by atoms with Gasteiger partial charge in [0.25, 0.3) is 0 Å². The third kappa shape index (κ3) is 5.09. The fourth-order valence-electron chi connectivity index (χ4n) is 3.84. The van der Waals surface area contributed by atoms with Crippen LogP contribution < -0.4 is 15.4 Å². The van der Waals surface area contributed by atoms with E-state index in [0.29, 0.717) is 16.4 Å². The highest BCUT2D eigenvalue weighted by atomic mass is 32.2. The number of hydrogen-bond donors (Lipinski definition) is 2. The van der Waals surface area contributed by atoms with E-state index in [-0.39, 0.29) is 24.0 Å². The average Bonchev–Trinajstić information content (AvgIpc) is 2.74. The van der Waals surface area contributed by atoms with Gasteiger partial charge in [0.15, 0.2) is 0 Å². The number of hydrogen-bond acceptors (Lipinski definition) is 5. The number of nitrogens with zero attached hydrogens (tertiary/aromatic N) is 1. The van der Waals surface area contributed by atoms with Gasteiger partial charge in [0.1, 0.15) is 5.75 Å². The number of benzene rings is 2. The largest absolute Gasteiger partial charge is 0.496 e. The third-order valence-corrected chi connectivity index (χ3v) is 6.18. The van der Waals surface area contributed by atoms with E-state index in [1.165, 1.54) is 0 Å². The molecule has 0 aliphatic carbocycles. The van der Waals surface area contributed by atoms with E-state index < -0.39 is 5.92 Å². The summed E-state index contributed by atoms with van der Waals surface area (Å²) >= 11 is 1.16. The fourth-order valence-corrected chi connectivity index (χ4v) is 4.72. The van der Waals surface area contributed by atoms with Crippen LogP contribution in [0.4, 0.5) is 5.69 Å². The Morgan fingerprint density at radius 3 is 2.58 bits per heavy atom. The number of amides is 2. The molecule has 0 fully saturated rings. The zero-order chi connectivity index (χ0) is 22.5. The van der Waals surface area contributed by atoms with E-state index in [1.807, 2.05) is 57.2 Å². The average molecular weight is 436 g/mol. The van der Waals surface area contributed by atoms with Crippen LogP contribution in [0.5, 0.6) is 5.75 Å². The molecule has 31 heavy (non-hydrogen) atoms. The van der Waals surface area contributed by atoms with Crippen molar-refractivity contribution in [1.29, 1.82) is 5.26 Å². The van der Waals surface area contributed by atoms with Crippen molar-refractivity contribution < 1.29 is 14.3 Å². The smallest absolute Gasteiger partial charge is 0.234 e. The molecule has 6 nitrogen and oxygen atoms in total. The number of ether oxygens (including phenoxy) is 1. The number of carbonyl (C=O) groups is 2. The number of allylic oxidation sites excluding steroid dienone is 1. The van der Waals surface area contributed by atoms with Crippen molar-refractivity contribution in [1.82, 2.24) is 5.32 Å². The first-order chi connectivity index (χ1) is 14.8. The molecular weight excluding hydrogens is 410 g/mol. The molecule has 2 aromatic carbocycles. The molecule has 7 heteroatoms. The van der Waals surface area contributed by atoms with Crippen LogP contribution in [-0.4, -0.2) is 24.7 Å². The third-order valence-electron chi connectivity index (χ3n) is 5.16. The van der Waals surface area contributed by atoms with Crippen LogP contribution in [0.25, 0.3) is 0 Å². The van der Waals surface area contributed by atoms with E-state index >= 15 is 0 Å². The summed E-state index contributed by atoms with van der Waals surface area (Å²) < 4.78 is 5.42. The van der Waals surface area contributed by atoms with Gasteiger partial charge in [0.2, 0.25) is 11.8 Å². The Morgan fingerprint density at radius 1 is 1.26 bits per heavy atom. The lowest BCUT2D eigenvalue weighted by Crippen LogP contribution is -2.31. The molecule has 0 unspecified atom stereocenters. The molecule has 0 bridgehead atoms. The second-order valence-corrected chi connectivity index (χ2v) is 8.50. The number of rotatable bonds is 6. The van der Waals surface area contributed by atoms with Crippen molar-refractivity contribution in [2.24, 2.45) is 0 Å². The summed E-state index contributed by atoms with van der Waals surface area (Å²) in [4.78, 5) is 25.0. The number of methoxy groups -OCH3 is 1. The van der Waals surface area contributed by atoms with Crippen LogP contribution in [0.1, 0.15) is 34.6 Å². The van der Waals surface area contributed by atoms with Crippen LogP contribution in [0.3, 0.4) is 0 Å². The molecule has 3 rings (SSSR count). The molecule has 1 aliphatic rings. The number of aryl methyl sites for hydroxylation is 3. The maximum absolute atomic E-state index is 12.6. The molecule has 0 radical (unpaired) electrons. The first kappa shape index (κ1) is 22.4. The number of para-hydroxylation sites is 1. The lowest BCUT2D eigenvalue weighted by Gasteiger charge is -2.26. The Bertz CT molecular complexity index is 1080. The van der Waals surface area contributed by atoms with Crippen LogP contribution >= 0.6 is 11.8 Å². The van der Waals surface area contributed by atoms with Gasteiger partial charge in [-0.2, -0.15) is 5.26 Å². The molecular formula is C24H25N3O3S. The molecule has 0 spiro atoms. The summed E-state index contributed by atoms with van der Waals surface area (Å²) in [6.45, 7) is 5.93. The zero-order valence-electron chi connectivity index (χ0n) is 18.0. The molecule has 0 aromatic heterocycles. The molecule has 0 saturated heterocycles. The Labute approximate surface area is 186 Å². The topological polar surface area (TPSA) is 91.2 Å². The molecule has 0 saturated carbocycles. The van der Waals surface area contributed by atoms with Crippen molar-refractivity contribution in [2.75, 3.05) is 18.2 Å². The molecule has 2 amide bonds. The summed E-state index contributed by atoms with van der Waals surface area (Å²) in [5.41, 5.74) is 5.14. The first-order valence-corrected chi connectivity index (χ1v) is 10.9. The van der Waals surface area contributed by atoms with Gasteiger partial charge in [-0.15, -0.1) is 0 Å². The van der Waals surface area contributed by atoms with Gasteiger partial charge in [-0.3, -0.25) is 9.59 Å². The van der Waals surface area contributed by atoms with Gasteiger partial charge in [-0.25, -0.2) is 0 Å². The molecule has 160 valence electrons. The first-order valence-electron chi connectivity index (χ1n) is 9.91. The number of nitrogens with one attached hydrogen (secondary N) is 2. The monoisotopic (exact) mass is 435 g/mol. The van der Waals surface area contributed by atoms with E-state index in [4.69, 9.17) is 4.74 Å². The van der Waals surface area contributed by atoms with E-state index in [1.54, 1.807) is 7.11 Å².